The lowest BCUT2D eigenvalue weighted by Gasteiger charge is -2.14. The van der Waals surface area contributed by atoms with Crippen molar-refractivity contribution in [1.82, 2.24) is 9.55 Å². The van der Waals surface area contributed by atoms with Crippen LogP contribution in [-0.4, -0.2) is 15.3 Å². The van der Waals surface area contributed by atoms with Crippen LogP contribution in [0.4, 0.5) is 0 Å². The van der Waals surface area contributed by atoms with E-state index in [0.29, 0.717) is 16.9 Å². The van der Waals surface area contributed by atoms with Crippen molar-refractivity contribution in [2.75, 3.05) is 5.75 Å². The number of hydrogen-bond acceptors (Lipinski definition) is 4. The molecule has 1 saturated heterocycles. The Labute approximate surface area is 148 Å². The lowest BCUT2D eigenvalue weighted by atomic mass is 10.0. The highest BCUT2D eigenvalue weighted by molar-refractivity contribution is 8.25. The van der Waals surface area contributed by atoms with E-state index in [-0.39, 0.29) is 0 Å². The molecule has 1 saturated carbocycles. The molecule has 6 heteroatoms. The fourth-order valence-corrected chi connectivity index (χ4v) is 5.93. The Kier molecular flexibility index (Phi) is 4.14. The van der Waals surface area contributed by atoms with Gasteiger partial charge in [0.15, 0.2) is 0 Å². The zero-order valence-corrected chi connectivity index (χ0v) is 14.7. The van der Waals surface area contributed by atoms with Gasteiger partial charge in [0.25, 0.3) is 0 Å². The van der Waals surface area contributed by atoms with Gasteiger partial charge in [0, 0.05) is 28.4 Å². The molecular weight excluding hydrogens is 346 g/mol. The van der Waals surface area contributed by atoms with E-state index in [1.807, 2.05) is 12.3 Å². The van der Waals surface area contributed by atoms with Crippen LogP contribution in [0.5, 0.6) is 0 Å². The van der Waals surface area contributed by atoms with Crippen LogP contribution in [0.2, 0.25) is 5.02 Å². The predicted molar refractivity (Wildman–Crippen MR) is 97.3 cm³/mol. The average Bonchev–Trinajstić information content (AvgIpc) is 3.06. The van der Waals surface area contributed by atoms with E-state index < -0.39 is 0 Å². The number of imidazole rings is 1. The van der Waals surface area contributed by atoms with Gasteiger partial charge in [-0.2, -0.15) is 5.26 Å². The monoisotopic (exact) mass is 359 g/mol. The summed E-state index contributed by atoms with van der Waals surface area (Å²) < 4.78 is 2.87. The molecule has 2 fully saturated rings. The summed E-state index contributed by atoms with van der Waals surface area (Å²) in [6.07, 6.45) is 7.72. The molecule has 4 rings (SSSR count). The zero-order chi connectivity index (χ0) is 15.8. The predicted octanol–water partition coefficient (Wildman–Crippen LogP) is 5.28. The number of benzene rings is 1. The van der Waals surface area contributed by atoms with E-state index >= 15 is 0 Å². The number of halogens is 1. The first kappa shape index (κ1) is 15.2. The normalized spacial score (nSPS) is 22.9. The van der Waals surface area contributed by atoms with Crippen molar-refractivity contribution in [3.05, 3.63) is 57.3 Å². The molecule has 2 aromatic rings. The summed E-state index contributed by atoms with van der Waals surface area (Å²) in [5, 5.41) is 10.7. The molecule has 1 aliphatic carbocycles. The first-order chi connectivity index (χ1) is 11.3. The molecule has 2 heterocycles. The SMILES string of the molecule is N#C/C(=C1/SC[C@@H](c2ccc(Cl)cc2C2CC2)S1)n1ccnc1. The number of allylic oxidation sites excluding steroid dienone is 1. The Morgan fingerprint density at radius 1 is 1.35 bits per heavy atom. The van der Waals surface area contributed by atoms with Crippen LogP contribution in [0, 0.1) is 11.3 Å². The summed E-state index contributed by atoms with van der Waals surface area (Å²) in [7, 11) is 0. The van der Waals surface area contributed by atoms with E-state index in [4.69, 9.17) is 11.6 Å². The zero-order valence-electron chi connectivity index (χ0n) is 12.3. The van der Waals surface area contributed by atoms with E-state index in [2.05, 4.69) is 23.2 Å². The molecule has 0 unspecified atom stereocenters. The van der Waals surface area contributed by atoms with Crippen LogP contribution in [0.1, 0.15) is 35.1 Å². The number of hydrogen-bond donors (Lipinski definition) is 0. The van der Waals surface area contributed by atoms with Gasteiger partial charge in [-0.05, 0) is 42.0 Å². The quantitative estimate of drug-likeness (QED) is 0.698. The molecule has 1 aromatic carbocycles. The third kappa shape index (κ3) is 3.03. The molecule has 23 heavy (non-hydrogen) atoms. The number of thioether (sulfide) groups is 2. The fraction of sp³-hybridized carbons (Fsp3) is 0.294. The standard InChI is InChI=1S/C17H14ClN3S2/c18-12-3-4-13(14(7-12)11-1-2-11)16-9-22-17(23-16)15(8-19)21-6-5-20-10-21/h3-7,10-11,16H,1-2,9H2/b17-15+/t16-/m0/s1. The molecule has 0 N–H and O–H groups in total. The smallest absolute Gasteiger partial charge is 0.145 e. The van der Waals surface area contributed by atoms with Crippen molar-refractivity contribution >= 4 is 40.8 Å². The summed E-state index contributed by atoms with van der Waals surface area (Å²) in [4.78, 5) is 4.04. The van der Waals surface area contributed by atoms with E-state index in [9.17, 15) is 5.26 Å². The summed E-state index contributed by atoms with van der Waals surface area (Å²) in [6.45, 7) is 0. The fourth-order valence-electron chi connectivity index (χ4n) is 2.81. The van der Waals surface area contributed by atoms with E-state index in [1.165, 1.54) is 24.0 Å². The Morgan fingerprint density at radius 2 is 2.22 bits per heavy atom. The third-order valence-corrected chi connectivity index (χ3v) is 7.25. The van der Waals surface area contributed by atoms with Gasteiger partial charge in [0.1, 0.15) is 11.8 Å². The van der Waals surface area contributed by atoms with Crippen LogP contribution in [0.25, 0.3) is 5.70 Å². The maximum absolute atomic E-state index is 9.50. The van der Waals surface area contributed by atoms with Crippen molar-refractivity contribution in [1.29, 1.82) is 5.26 Å². The van der Waals surface area contributed by atoms with Gasteiger partial charge in [0.05, 0.1) is 10.6 Å². The minimum absolute atomic E-state index is 0.384. The van der Waals surface area contributed by atoms with Gasteiger partial charge in [-0.1, -0.05) is 17.7 Å². The lowest BCUT2D eigenvalue weighted by Crippen LogP contribution is -1.98. The second-order valence-electron chi connectivity index (χ2n) is 5.68. The summed E-state index contributed by atoms with van der Waals surface area (Å²) in [5.41, 5.74) is 3.45. The molecular formula is C17H14ClN3S2. The molecule has 0 amide bonds. The molecule has 3 nitrogen and oxygen atoms in total. The van der Waals surface area contributed by atoms with Crippen LogP contribution in [-0.2, 0) is 0 Å². The second kappa shape index (κ2) is 6.27. The number of aromatic nitrogens is 2. The van der Waals surface area contributed by atoms with Crippen molar-refractivity contribution in [3.8, 4) is 6.07 Å². The van der Waals surface area contributed by atoms with Gasteiger partial charge in [-0.25, -0.2) is 4.98 Å². The highest BCUT2D eigenvalue weighted by atomic mass is 35.5. The summed E-state index contributed by atoms with van der Waals surface area (Å²) >= 11 is 9.74. The first-order valence-electron chi connectivity index (χ1n) is 7.48. The molecule has 1 aliphatic heterocycles. The third-order valence-electron chi connectivity index (χ3n) is 4.09. The second-order valence-corrected chi connectivity index (χ2v) is 8.62. The topological polar surface area (TPSA) is 41.6 Å². The number of rotatable bonds is 3. The minimum atomic E-state index is 0.384. The molecule has 0 bridgehead atoms. The van der Waals surface area contributed by atoms with Gasteiger partial charge >= 0.3 is 0 Å². The van der Waals surface area contributed by atoms with Crippen LogP contribution in [0.3, 0.4) is 0 Å². The van der Waals surface area contributed by atoms with Crippen molar-refractivity contribution in [2.45, 2.75) is 24.0 Å². The number of nitriles is 1. The Bertz CT molecular complexity index is 804. The Hall–Kier alpha value is -1.35. The largest absolute Gasteiger partial charge is 0.296 e. The highest BCUT2D eigenvalue weighted by Gasteiger charge is 2.32. The number of nitrogens with zero attached hydrogens (tertiary/aromatic N) is 3. The van der Waals surface area contributed by atoms with Crippen LogP contribution in [0.15, 0.2) is 41.2 Å². The van der Waals surface area contributed by atoms with Gasteiger partial charge in [0.2, 0.25) is 0 Å². The summed E-state index contributed by atoms with van der Waals surface area (Å²) in [6, 6.07) is 8.59. The molecule has 0 radical (unpaired) electrons. The van der Waals surface area contributed by atoms with Gasteiger partial charge < -0.3 is 0 Å². The summed E-state index contributed by atoms with van der Waals surface area (Å²) in [5.74, 6) is 1.66. The Morgan fingerprint density at radius 3 is 2.91 bits per heavy atom. The van der Waals surface area contributed by atoms with Crippen LogP contribution < -0.4 is 0 Å². The minimum Gasteiger partial charge on any atom is -0.296 e. The average molecular weight is 360 g/mol. The van der Waals surface area contributed by atoms with E-state index in [1.54, 1.807) is 40.6 Å². The lowest BCUT2D eigenvalue weighted by molar-refractivity contribution is 1.02. The van der Waals surface area contributed by atoms with Crippen molar-refractivity contribution in [2.24, 2.45) is 0 Å². The van der Waals surface area contributed by atoms with Crippen molar-refractivity contribution in [3.63, 3.8) is 0 Å². The van der Waals surface area contributed by atoms with Crippen LogP contribution >= 0.6 is 35.1 Å². The molecule has 0 spiro atoms. The maximum Gasteiger partial charge on any atom is 0.145 e. The maximum atomic E-state index is 9.50. The van der Waals surface area contributed by atoms with E-state index in [0.717, 1.165) is 15.0 Å². The highest BCUT2D eigenvalue weighted by Crippen LogP contribution is 2.55. The molecule has 1 aromatic heterocycles. The Balaban J connectivity index is 1.65. The molecule has 1 atom stereocenters. The molecule has 2 aliphatic rings. The first-order valence-corrected chi connectivity index (χ1v) is 9.72. The van der Waals surface area contributed by atoms with Crippen molar-refractivity contribution < 1.29 is 0 Å². The van der Waals surface area contributed by atoms with Gasteiger partial charge in [-0.15, -0.1) is 23.5 Å². The molecule has 116 valence electrons. The van der Waals surface area contributed by atoms with Gasteiger partial charge in [-0.3, -0.25) is 4.57 Å².